The van der Waals surface area contributed by atoms with Crippen LogP contribution in [-0.4, -0.2) is 35.2 Å². The Kier molecular flexibility index (Phi) is 7.91. The number of para-hydroxylation sites is 1. The number of ether oxygens (including phenoxy) is 2. The third kappa shape index (κ3) is 5.45. The number of hydrogen-bond donors (Lipinski definition) is 0. The second-order valence-corrected chi connectivity index (χ2v) is 9.44. The first-order valence-electron chi connectivity index (χ1n) is 11.7. The van der Waals surface area contributed by atoms with E-state index in [0.717, 1.165) is 35.7 Å². The molecule has 2 atom stereocenters. The first-order valence-corrected chi connectivity index (χ1v) is 12.6. The fourth-order valence-corrected chi connectivity index (χ4v) is 5.46. The summed E-state index contributed by atoms with van der Waals surface area (Å²) >= 11 is 1.42. The molecule has 2 aliphatic rings. The average molecular weight is 476 g/mol. The summed E-state index contributed by atoms with van der Waals surface area (Å²) in [5, 5.41) is 9.56. The molecule has 1 aliphatic heterocycles. The van der Waals surface area contributed by atoms with Gasteiger partial charge in [-0.05, 0) is 73.4 Å². The molecule has 0 N–H and O–H groups in total. The van der Waals surface area contributed by atoms with Gasteiger partial charge in [0, 0.05) is 6.04 Å². The molecule has 2 fully saturated rings. The fraction of sp³-hybridized carbons (Fsp3) is 0.370. The Morgan fingerprint density at radius 3 is 2.68 bits per heavy atom. The van der Waals surface area contributed by atoms with Gasteiger partial charge in [0.05, 0.1) is 17.2 Å². The van der Waals surface area contributed by atoms with Crippen molar-refractivity contribution in [1.82, 2.24) is 4.90 Å². The number of benzene rings is 2. The van der Waals surface area contributed by atoms with Gasteiger partial charge in [0.2, 0.25) is 0 Å². The van der Waals surface area contributed by atoms with Crippen molar-refractivity contribution in [2.75, 3.05) is 13.2 Å². The van der Waals surface area contributed by atoms with Crippen LogP contribution in [0.2, 0.25) is 0 Å². The zero-order valence-corrected chi connectivity index (χ0v) is 20.4. The molecular weight excluding hydrogens is 446 g/mol. The number of carbonyl (C=O) groups is 1. The number of rotatable bonds is 7. The Morgan fingerprint density at radius 1 is 1.15 bits per heavy atom. The van der Waals surface area contributed by atoms with Gasteiger partial charge < -0.3 is 9.47 Å². The molecule has 2 aromatic carbocycles. The highest BCUT2D eigenvalue weighted by Crippen LogP contribution is 2.40. The highest BCUT2D eigenvalue weighted by Gasteiger charge is 2.41. The van der Waals surface area contributed by atoms with Crippen molar-refractivity contribution in [3.05, 3.63) is 59.0 Å². The van der Waals surface area contributed by atoms with E-state index < -0.39 is 0 Å². The minimum Gasteiger partial charge on any atom is -0.490 e. The van der Waals surface area contributed by atoms with Crippen LogP contribution in [0.4, 0.5) is 5.69 Å². The van der Waals surface area contributed by atoms with E-state index in [2.05, 4.69) is 6.92 Å². The Balaban J connectivity index is 1.68. The van der Waals surface area contributed by atoms with Crippen molar-refractivity contribution in [2.24, 2.45) is 10.9 Å². The lowest BCUT2D eigenvalue weighted by Crippen LogP contribution is -2.44. The van der Waals surface area contributed by atoms with E-state index in [1.807, 2.05) is 66.4 Å². The number of amides is 1. The van der Waals surface area contributed by atoms with Gasteiger partial charge in [-0.2, -0.15) is 5.26 Å². The number of thioether (sulfide) groups is 1. The second kappa shape index (κ2) is 11.3. The number of hydrogen-bond acceptors (Lipinski definition) is 6. The van der Waals surface area contributed by atoms with E-state index >= 15 is 0 Å². The van der Waals surface area contributed by atoms with Gasteiger partial charge >= 0.3 is 0 Å². The van der Waals surface area contributed by atoms with E-state index in [9.17, 15) is 4.79 Å². The molecule has 1 amide bonds. The largest absolute Gasteiger partial charge is 0.490 e. The third-order valence-electron chi connectivity index (χ3n) is 6.07. The molecule has 7 heteroatoms. The standard InChI is InChI=1S/C27H29N3O3S/c1-3-32-24-17-20(13-14-23(24)33-16-15-28)18-25-26(31)30(22-12-8-7-9-19(22)2)27(34-25)29-21-10-5-4-6-11-21/h4-6,10-11,13-14,17-19,22H,3,7-9,12,16H2,1-2H3/b25-18-,29-27?/t19-,22+/m1/s1. The van der Waals surface area contributed by atoms with Crippen molar-refractivity contribution in [3.63, 3.8) is 0 Å². The highest BCUT2D eigenvalue weighted by molar-refractivity contribution is 8.18. The van der Waals surface area contributed by atoms with Crippen molar-refractivity contribution >= 4 is 34.6 Å². The van der Waals surface area contributed by atoms with E-state index in [1.54, 1.807) is 6.07 Å². The predicted octanol–water partition coefficient (Wildman–Crippen LogP) is 6.17. The zero-order chi connectivity index (χ0) is 23.9. The summed E-state index contributed by atoms with van der Waals surface area (Å²) < 4.78 is 11.2. The van der Waals surface area contributed by atoms with Crippen molar-refractivity contribution in [3.8, 4) is 17.6 Å². The number of nitrogens with zero attached hydrogens (tertiary/aromatic N) is 3. The Bertz CT molecular complexity index is 1120. The minimum atomic E-state index is -0.0529. The lowest BCUT2D eigenvalue weighted by atomic mass is 9.85. The first kappa shape index (κ1) is 23.9. The summed E-state index contributed by atoms with van der Waals surface area (Å²) in [6.45, 7) is 4.55. The van der Waals surface area contributed by atoms with Crippen molar-refractivity contribution < 1.29 is 14.3 Å². The highest BCUT2D eigenvalue weighted by atomic mass is 32.2. The van der Waals surface area contributed by atoms with Crippen molar-refractivity contribution in [1.29, 1.82) is 5.26 Å². The quantitative estimate of drug-likeness (QED) is 0.448. The van der Waals surface area contributed by atoms with Crippen LogP contribution in [0.1, 0.15) is 45.1 Å². The maximum atomic E-state index is 13.6. The van der Waals surface area contributed by atoms with E-state index in [4.69, 9.17) is 19.7 Å². The molecule has 4 rings (SSSR count). The van der Waals surface area contributed by atoms with Gasteiger partial charge in [0.1, 0.15) is 6.07 Å². The van der Waals surface area contributed by atoms with Crippen LogP contribution in [0.3, 0.4) is 0 Å². The zero-order valence-electron chi connectivity index (χ0n) is 19.6. The summed E-state index contributed by atoms with van der Waals surface area (Å²) in [6.07, 6.45) is 6.34. The summed E-state index contributed by atoms with van der Waals surface area (Å²) in [4.78, 5) is 21.1. The minimum absolute atomic E-state index is 0.00111. The molecule has 0 aromatic heterocycles. The summed E-state index contributed by atoms with van der Waals surface area (Å²) in [5.41, 5.74) is 1.67. The molecule has 1 saturated heterocycles. The third-order valence-corrected chi connectivity index (χ3v) is 7.06. The van der Waals surface area contributed by atoms with Crippen molar-refractivity contribution in [2.45, 2.75) is 45.6 Å². The Hall–Kier alpha value is -3.24. The Morgan fingerprint density at radius 2 is 1.94 bits per heavy atom. The molecule has 34 heavy (non-hydrogen) atoms. The predicted molar refractivity (Wildman–Crippen MR) is 136 cm³/mol. The first-order chi connectivity index (χ1) is 16.6. The number of nitriles is 1. The molecule has 1 heterocycles. The van der Waals surface area contributed by atoms with E-state index in [1.165, 1.54) is 18.2 Å². The lowest BCUT2D eigenvalue weighted by Gasteiger charge is -2.35. The maximum Gasteiger partial charge on any atom is 0.267 e. The molecule has 0 unspecified atom stereocenters. The van der Waals surface area contributed by atoms with Crippen LogP contribution < -0.4 is 9.47 Å². The maximum absolute atomic E-state index is 13.6. The van der Waals surface area contributed by atoms with Gasteiger partial charge in [-0.3, -0.25) is 9.69 Å². The summed E-state index contributed by atoms with van der Waals surface area (Å²) in [7, 11) is 0. The van der Waals surface area contributed by atoms with Crippen LogP contribution >= 0.6 is 11.8 Å². The van der Waals surface area contributed by atoms with Gasteiger partial charge in [0.25, 0.3) is 5.91 Å². The van der Waals surface area contributed by atoms with Gasteiger partial charge in [-0.15, -0.1) is 0 Å². The molecule has 1 aliphatic carbocycles. The summed E-state index contributed by atoms with van der Waals surface area (Å²) in [5.74, 6) is 1.50. The average Bonchev–Trinajstić information content (AvgIpc) is 3.14. The Labute approximate surface area is 205 Å². The topological polar surface area (TPSA) is 74.9 Å². The van der Waals surface area contributed by atoms with Crippen LogP contribution in [0.5, 0.6) is 11.5 Å². The number of carbonyl (C=O) groups excluding carboxylic acids is 1. The monoisotopic (exact) mass is 475 g/mol. The molecule has 0 radical (unpaired) electrons. The smallest absolute Gasteiger partial charge is 0.267 e. The fourth-order valence-electron chi connectivity index (χ4n) is 4.41. The molecule has 2 aromatic rings. The number of aliphatic imine (C=N–C) groups is 1. The normalized spacial score (nSPS) is 22.7. The molecule has 0 bridgehead atoms. The van der Waals surface area contributed by atoms with E-state index in [-0.39, 0.29) is 18.6 Å². The van der Waals surface area contributed by atoms with Gasteiger partial charge in [-0.1, -0.05) is 44.0 Å². The molecule has 0 spiro atoms. The molecule has 1 saturated carbocycles. The molecule has 176 valence electrons. The summed E-state index contributed by atoms with van der Waals surface area (Å²) in [6, 6.07) is 17.4. The van der Waals surface area contributed by atoms with Crippen LogP contribution in [0.25, 0.3) is 6.08 Å². The van der Waals surface area contributed by atoms with Gasteiger partial charge in [0.15, 0.2) is 23.3 Å². The van der Waals surface area contributed by atoms with Gasteiger partial charge in [-0.25, -0.2) is 4.99 Å². The molecular formula is C27H29N3O3S. The van der Waals surface area contributed by atoms with E-state index in [0.29, 0.717) is 28.9 Å². The van der Waals surface area contributed by atoms with Crippen LogP contribution in [-0.2, 0) is 4.79 Å². The number of amidine groups is 1. The second-order valence-electron chi connectivity index (χ2n) is 8.43. The van der Waals surface area contributed by atoms with Crippen LogP contribution in [0.15, 0.2) is 58.4 Å². The molecule has 6 nitrogen and oxygen atoms in total. The lowest BCUT2D eigenvalue weighted by molar-refractivity contribution is -0.124. The van der Waals surface area contributed by atoms with Crippen LogP contribution in [0, 0.1) is 17.2 Å². The SMILES string of the molecule is CCOc1cc(/C=C2\SC(=Nc3ccccc3)N([C@H]3CCCC[C@H]3C)C2=O)ccc1OCC#N.